The second kappa shape index (κ2) is 9.08. The molecule has 4 heteroatoms. The molecule has 2 nitrogen and oxygen atoms in total. The molecule has 0 spiro atoms. The van der Waals surface area contributed by atoms with Gasteiger partial charge < -0.3 is 0 Å². The molecule has 0 aliphatic rings. The maximum absolute atomic E-state index is 5.76. The number of rotatable bonds is 8. The fraction of sp³-hybridized carbons (Fsp3) is 0.250. The van der Waals surface area contributed by atoms with E-state index in [4.69, 9.17) is 8.37 Å². The highest BCUT2D eigenvalue weighted by atomic mass is 32.2. The molecule has 0 aliphatic carbocycles. The van der Waals surface area contributed by atoms with E-state index in [0.717, 1.165) is 22.6 Å². The molecule has 2 aromatic rings. The number of hydrogen-bond acceptors (Lipinski definition) is 4. The highest BCUT2D eigenvalue weighted by Gasteiger charge is 2.11. The zero-order chi connectivity index (χ0) is 14.0. The van der Waals surface area contributed by atoms with Crippen molar-refractivity contribution in [3.63, 3.8) is 0 Å². The van der Waals surface area contributed by atoms with Crippen molar-refractivity contribution in [3.8, 4) is 0 Å². The van der Waals surface area contributed by atoms with Crippen molar-refractivity contribution in [2.24, 2.45) is 0 Å². The summed E-state index contributed by atoms with van der Waals surface area (Å²) in [4.78, 5) is 2.17. The minimum absolute atomic E-state index is 0.213. The van der Waals surface area contributed by atoms with Crippen LogP contribution in [0.2, 0.25) is 0 Å². The molecular formula is C16H18O2S2. The number of hydrogen-bond donors (Lipinski definition) is 0. The van der Waals surface area contributed by atoms with Crippen LogP contribution in [0.4, 0.5) is 0 Å². The van der Waals surface area contributed by atoms with Crippen LogP contribution in [0.15, 0.2) is 70.5 Å². The third-order valence-corrected chi connectivity index (χ3v) is 4.07. The van der Waals surface area contributed by atoms with Gasteiger partial charge >= 0.3 is 0 Å². The third kappa shape index (κ3) is 5.59. The van der Waals surface area contributed by atoms with Crippen LogP contribution in [-0.4, -0.2) is 6.29 Å². The molecule has 106 valence electrons. The lowest BCUT2D eigenvalue weighted by atomic mass is 10.3. The fourth-order valence-corrected chi connectivity index (χ4v) is 2.81. The van der Waals surface area contributed by atoms with Gasteiger partial charge in [-0.3, -0.25) is 8.37 Å². The molecule has 2 rings (SSSR count). The van der Waals surface area contributed by atoms with Gasteiger partial charge in [-0.2, -0.15) is 0 Å². The molecule has 0 saturated heterocycles. The van der Waals surface area contributed by atoms with Gasteiger partial charge in [0.15, 0.2) is 6.29 Å². The molecule has 20 heavy (non-hydrogen) atoms. The first-order chi connectivity index (χ1) is 9.88. The van der Waals surface area contributed by atoms with Crippen molar-refractivity contribution < 1.29 is 8.37 Å². The van der Waals surface area contributed by atoms with E-state index in [2.05, 4.69) is 6.92 Å². The Hall–Kier alpha value is -0.940. The predicted octanol–water partition coefficient (Wildman–Crippen LogP) is 5.56. The van der Waals surface area contributed by atoms with Crippen LogP contribution in [0.5, 0.6) is 0 Å². The average Bonchev–Trinajstić information content (AvgIpc) is 2.52. The van der Waals surface area contributed by atoms with E-state index in [9.17, 15) is 0 Å². The zero-order valence-corrected chi connectivity index (χ0v) is 13.0. The first-order valence-corrected chi connectivity index (χ1v) is 8.13. The molecule has 0 fully saturated rings. The lowest BCUT2D eigenvalue weighted by molar-refractivity contribution is 0.0341. The first kappa shape index (κ1) is 15.4. The van der Waals surface area contributed by atoms with Gasteiger partial charge in [-0.15, -0.1) is 0 Å². The van der Waals surface area contributed by atoms with Crippen molar-refractivity contribution in [1.29, 1.82) is 0 Å². The van der Waals surface area contributed by atoms with Crippen molar-refractivity contribution in [2.45, 2.75) is 35.8 Å². The Balaban J connectivity index is 1.81. The summed E-state index contributed by atoms with van der Waals surface area (Å²) < 4.78 is 11.5. The van der Waals surface area contributed by atoms with Crippen LogP contribution in [0.3, 0.4) is 0 Å². The summed E-state index contributed by atoms with van der Waals surface area (Å²) in [6.45, 7) is 2.13. The number of benzene rings is 2. The van der Waals surface area contributed by atoms with Gasteiger partial charge in [0, 0.05) is 40.3 Å². The SMILES string of the molecule is CCCC(OSc1ccccc1)OSc1ccccc1. The van der Waals surface area contributed by atoms with E-state index in [1.54, 1.807) is 0 Å². The quantitative estimate of drug-likeness (QED) is 0.469. The standard InChI is InChI=1S/C16H18O2S2/c1-2-9-16(17-19-14-10-5-3-6-11-14)18-20-15-12-7-4-8-13-15/h3-8,10-13,16H,2,9H2,1H3. The molecule has 0 N–H and O–H groups in total. The van der Waals surface area contributed by atoms with Crippen LogP contribution in [-0.2, 0) is 8.37 Å². The van der Waals surface area contributed by atoms with Crippen LogP contribution in [0.25, 0.3) is 0 Å². The van der Waals surface area contributed by atoms with E-state index in [1.807, 2.05) is 60.7 Å². The lowest BCUT2D eigenvalue weighted by Gasteiger charge is -2.15. The van der Waals surface area contributed by atoms with Crippen LogP contribution >= 0.6 is 24.1 Å². The Morgan fingerprint density at radius 2 is 1.25 bits per heavy atom. The van der Waals surface area contributed by atoms with Gasteiger partial charge in [0.05, 0.1) is 0 Å². The highest BCUT2D eigenvalue weighted by Crippen LogP contribution is 2.27. The summed E-state index contributed by atoms with van der Waals surface area (Å²) in [7, 11) is 0. The minimum Gasteiger partial charge on any atom is -0.278 e. The molecule has 0 unspecified atom stereocenters. The van der Waals surface area contributed by atoms with Gasteiger partial charge in [0.25, 0.3) is 0 Å². The lowest BCUT2D eigenvalue weighted by Crippen LogP contribution is -2.09. The zero-order valence-electron chi connectivity index (χ0n) is 11.4. The Kier molecular flexibility index (Phi) is 7.01. The molecule has 0 amide bonds. The predicted molar refractivity (Wildman–Crippen MR) is 85.5 cm³/mol. The van der Waals surface area contributed by atoms with Crippen LogP contribution in [0.1, 0.15) is 19.8 Å². The molecule has 0 bridgehead atoms. The summed E-state index contributed by atoms with van der Waals surface area (Å²) in [6.07, 6.45) is 1.69. The van der Waals surface area contributed by atoms with E-state index in [1.165, 1.54) is 24.1 Å². The highest BCUT2D eigenvalue weighted by molar-refractivity contribution is 7.95. The summed E-state index contributed by atoms with van der Waals surface area (Å²) in [6, 6.07) is 20.1. The molecule has 0 radical (unpaired) electrons. The summed E-state index contributed by atoms with van der Waals surface area (Å²) in [5.74, 6) is 0. The van der Waals surface area contributed by atoms with E-state index in [-0.39, 0.29) is 6.29 Å². The van der Waals surface area contributed by atoms with Gasteiger partial charge in [-0.25, -0.2) is 0 Å². The van der Waals surface area contributed by atoms with Gasteiger partial charge in [-0.05, 0) is 24.3 Å². The molecular weight excluding hydrogens is 288 g/mol. The fourth-order valence-electron chi connectivity index (χ4n) is 1.52. The Bertz CT molecular complexity index is 433. The Morgan fingerprint density at radius 3 is 1.65 bits per heavy atom. The summed E-state index contributed by atoms with van der Waals surface area (Å²) >= 11 is 2.73. The maximum Gasteiger partial charge on any atom is 0.184 e. The van der Waals surface area contributed by atoms with E-state index >= 15 is 0 Å². The first-order valence-electron chi connectivity index (χ1n) is 6.65. The molecule has 0 atom stereocenters. The van der Waals surface area contributed by atoms with Gasteiger partial charge in [-0.1, -0.05) is 49.7 Å². The molecule has 0 heterocycles. The maximum atomic E-state index is 5.76. The monoisotopic (exact) mass is 306 g/mol. The molecule has 2 aromatic carbocycles. The molecule has 0 aromatic heterocycles. The second-order valence-corrected chi connectivity index (χ2v) is 5.86. The van der Waals surface area contributed by atoms with E-state index < -0.39 is 0 Å². The van der Waals surface area contributed by atoms with Crippen molar-refractivity contribution in [3.05, 3.63) is 60.7 Å². The molecule has 0 saturated carbocycles. The Labute approximate surface area is 129 Å². The summed E-state index contributed by atoms with van der Waals surface area (Å²) in [5.41, 5.74) is 0. The Morgan fingerprint density at radius 1 is 0.800 bits per heavy atom. The van der Waals surface area contributed by atoms with E-state index in [0.29, 0.717) is 0 Å². The van der Waals surface area contributed by atoms with Crippen molar-refractivity contribution >= 4 is 24.1 Å². The normalized spacial score (nSPS) is 10.9. The third-order valence-electron chi connectivity index (χ3n) is 2.51. The minimum atomic E-state index is -0.213. The van der Waals surface area contributed by atoms with Gasteiger partial charge in [0.2, 0.25) is 0 Å². The van der Waals surface area contributed by atoms with Crippen molar-refractivity contribution in [2.75, 3.05) is 0 Å². The largest absolute Gasteiger partial charge is 0.278 e. The smallest absolute Gasteiger partial charge is 0.184 e. The topological polar surface area (TPSA) is 18.5 Å². The summed E-state index contributed by atoms with van der Waals surface area (Å²) in [5, 5.41) is 0. The van der Waals surface area contributed by atoms with Crippen molar-refractivity contribution in [1.82, 2.24) is 0 Å². The second-order valence-electron chi connectivity index (χ2n) is 4.20. The molecule has 0 aliphatic heterocycles. The van der Waals surface area contributed by atoms with Crippen LogP contribution in [0, 0.1) is 0 Å². The average molecular weight is 306 g/mol. The van der Waals surface area contributed by atoms with Gasteiger partial charge in [0.1, 0.15) is 0 Å². The van der Waals surface area contributed by atoms with Crippen LogP contribution < -0.4 is 0 Å².